The van der Waals surface area contributed by atoms with E-state index in [1.54, 1.807) is 44.3 Å². The second-order valence-corrected chi connectivity index (χ2v) is 5.75. The Labute approximate surface area is 150 Å². The SMILES string of the molecule is COC(=O)c1cc(CN(C)C(=O)c2ccc(CNC(N)=O)cc2)oc1C. The number of rotatable bonds is 6. The van der Waals surface area contributed by atoms with E-state index < -0.39 is 12.0 Å². The number of methoxy groups -OCH3 is 1. The maximum Gasteiger partial charge on any atom is 0.341 e. The van der Waals surface area contributed by atoms with Gasteiger partial charge in [-0.1, -0.05) is 12.1 Å². The summed E-state index contributed by atoms with van der Waals surface area (Å²) in [7, 11) is 2.94. The third-order valence-electron chi connectivity index (χ3n) is 3.78. The lowest BCUT2D eigenvalue weighted by molar-refractivity contribution is 0.0598. The Morgan fingerprint density at radius 2 is 1.88 bits per heavy atom. The van der Waals surface area contributed by atoms with Crippen molar-refractivity contribution in [2.75, 3.05) is 14.2 Å². The Balaban J connectivity index is 2.03. The Kier molecular flexibility index (Phi) is 6.00. The molecule has 0 fully saturated rings. The van der Waals surface area contributed by atoms with E-state index in [9.17, 15) is 14.4 Å². The van der Waals surface area contributed by atoms with E-state index in [0.717, 1.165) is 5.56 Å². The normalized spacial score (nSPS) is 10.3. The van der Waals surface area contributed by atoms with Crippen molar-refractivity contribution >= 4 is 17.9 Å². The van der Waals surface area contributed by atoms with E-state index in [4.69, 9.17) is 10.2 Å². The number of carbonyl (C=O) groups excluding carboxylic acids is 3. The molecule has 1 aromatic heterocycles. The van der Waals surface area contributed by atoms with Crippen molar-refractivity contribution in [3.05, 3.63) is 58.5 Å². The Bertz CT molecular complexity index is 811. The number of aryl methyl sites for hydroxylation is 1. The van der Waals surface area contributed by atoms with Crippen molar-refractivity contribution in [2.45, 2.75) is 20.0 Å². The molecule has 1 aromatic carbocycles. The molecule has 0 radical (unpaired) electrons. The van der Waals surface area contributed by atoms with Crippen molar-refractivity contribution in [3.63, 3.8) is 0 Å². The van der Waals surface area contributed by atoms with Crippen LogP contribution in [-0.2, 0) is 17.8 Å². The quantitative estimate of drug-likeness (QED) is 0.763. The number of esters is 1. The Morgan fingerprint density at radius 3 is 2.46 bits per heavy atom. The van der Waals surface area contributed by atoms with E-state index in [-0.39, 0.29) is 12.5 Å². The molecule has 0 spiro atoms. The molecule has 1 heterocycles. The van der Waals surface area contributed by atoms with Crippen LogP contribution in [0.1, 0.15) is 37.8 Å². The minimum atomic E-state index is -0.607. The number of nitrogens with one attached hydrogen (secondary N) is 1. The molecule has 0 aliphatic heterocycles. The number of furan rings is 1. The van der Waals surface area contributed by atoms with Crippen LogP contribution in [0.4, 0.5) is 4.79 Å². The van der Waals surface area contributed by atoms with Gasteiger partial charge in [-0.15, -0.1) is 0 Å². The van der Waals surface area contributed by atoms with Gasteiger partial charge in [-0.25, -0.2) is 9.59 Å². The standard InChI is InChI=1S/C18H21N3O5/c1-11-15(17(23)25-3)8-14(26-11)10-21(2)16(22)13-6-4-12(5-7-13)9-20-18(19)24/h4-8H,9-10H2,1-3H3,(H3,19,20,24). The highest BCUT2D eigenvalue weighted by molar-refractivity contribution is 5.94. The topological polar surface area (TPSA) is 115 Å². The maximum atomic E-state index is 12.5. The van der Waals surface area contributed by atoms with Crippen LogP contribution in [0.25, 0.3) is 0 Å². The number of urea groups is 1. The van der Waals surface area contributed by atoms with Crippen LogP contribution in [0.15, 0.2) is 34.7 Å². The van der Waals surface area contributed by atoms with E-state index in [2.05, 4.69) is 10.1 Å². The molecular formula is C18H21N3O5. The van der Waals surface area contributed by atoms with Crippen molar-refractivity contribution in [1.82, 2.24) is 10.2 Å². The number of nitrogens with zero attached hydrogens (tertiary/aromatic N) is 1. The zero-order valence-electron chi connectivity index (χ0n) is 14.9. The Morgan fingerprint density at radius 1 is 1.23 bits per heavy atom. The summed E-state index contributed by atoms with van der Waals surface area (Å²) in [4.78, 5) is 36.3. The van der Waals surface area contributed by atoms with Crippen LogP contribution in [0.2, 0.25) is 0 Å². The van der Waals surface area contributed by atoms with Crippen molar-refractivity contribution in [3.8, 4) is 0 Å². The first-order valence-corrected chi connectivity index (χ1v) is 7.87. The number of hydrogen-bond acceptors (Lipinski definition) is 5. The zero-order chi connectivity index (χ0) is 19.3. The van der Waals surface area contributed by atoms with Gasteiger partial charge in [-0.3, -0.25) is 4.79 Å². The van der Waals surface area contributed by atoms with Gasteiger partial charge < -0.3 is 25.1 Å². The fraction of sp³-hybridized carbons (Fsp3) is 0.278. The number of amides is 3. The molecule has 0 unspecified atom stereocenters. The molecule has 0 saturated heterocycles. The van der Waals surface area contributed by atoms with Crippen molar-refractivity contribution in [1.29, 1.82) is 0 Å². The number of benzene rings is 1. The fourth-order valence-electron chi connectivity index (χ4n) is 2.41. The molecule has 138 valence electrons. The van der Waals surface area contributed by atoms with Crippen molar-refractivity contribution < 1.29 is 23.5 Å². The van der Waals surface area contributed by atoms with Crippen LogP contribution in [0.3, 0.4) is 0 Å². The monoisotopic (exact) mass is 359 g/mol. The van der Waals surface area contributed by atoms with Crippen LogP contribution in [0, 0.1) is 6.92 Å². The van der Waals surface area contributed by atoms with E-state index in [1.807, 2.05) is 0 Å². The van der Waals surface area contributed by atoms with Gasteiger partial charge in [-0.05, 0) is 30.7 Å². The third kappa shape index (κ3) is 4.62. The average molecular weight is 359 g/mol. The lowest BCUT2D eigenvalue weighted by Crippen LogP contribution is -2.28. The summed E-state index contributed by atoms with van der Waals surface area (Å²) in [5, 5.41) is 2.48. The first kappa shape index (κ1) is 19.0. The van der Waals surface area contributed by atoms with E-state index in [0.29, 0.717) is 29.2 Å². The van der Waals surface area contributed by atoms with Crippen LogP contribution in [0.5, 0.6) is 0 Å². The average Bonchev–Trinajstić information content (AvgIpc) is 2.99. The highest BCUT2D eigenvalue weighted by Crippen LogP contribution is 2.18. The van der Waals surface area contributed by atoms with Gasteiger partial charge in [0.2, 0.25) is 0 Å². The maximum absolute atomic E-state index is 12.5. The van der Waals surface area contributed by atoms with Gasteiger partial charge in [-0.2, -0.15) is 0 Å². The molecule has 0 aliphatic carbocycles. The number of ether oxygens (including phenoxy) is 1. The summed E-state index contributed by atoms with van der Waals surface area (Å²) in [5.41, 5.74) is 6.68. The number of carbonyl (C=O) groups is 3. The lowest BCUT2D eigenvalue weighted by Gasteiger charge is -2.16. The van der Waals surface area contributed by atoms with Crippen molar-refractivity contribution in [2.24, 2.45) is 5.73 Å². The summed E-state index contributed by atoms with van der Waals surface area (Å²) >= 11 is 0. The molecule has 2 rings (SSSR count). The molecule has 3 amide bonds. The van der Waals surface area contributed by atoms with Gasteiger partial charge in [0.15, 0.2) is 0 Å². The Hall–Kier alpha value is -3.29. The predicted molar refractivity (Wildman–Crippen MR) is 93.4 cm³/mol. The summed E-state index contributed by atoms with van der Waals surface area (Å²) < 4.78 is 10.2. The minimum absolute atomic E-state index is 0.201. The summed E-state index contributed by atoms with van der Waals surface area (Å²) in [6, 6.07) is 7.79. The molecule has 0 atom stereocenters. The van der Waals surface area contributed by atoms with Crippen LogP contribution in [-0.4, -0.2) is 37.0 Å². The minimum Gasteiger partial charge on any atom is -0.465 e. The summed E-state index contributed by atoms with van der Waals surface area (Å²) in [5.74, 6) is 0.250. The molecular weight excluding hydrogens is 338 g/mol. The molecule has 26 heavy (non-hydrogen) atoms. The number of nitrogens with two attached hydrogens (primary N) is 1. The molecule has 3 N–H and O–H groups in total. The highest BCUT2D eigenvalue weighted by atomic mass is 16.5. The molecule has 0 aliphatic rings. The van der Waals surface area contributed by atoms with Crippen LogP contribution >= 0.6 is 0 Å². The first-order chi connectivity index (χ1) is 12.3. The summed E-state index contributed by atoms with van der Waals surface area (Å²) in [6.45, 7) is 2.17. The van der Waals surface area contributed by atoms with Gasteiger partial charge in [0.05, 0.1) is 13.7 Å². The van der Waals surface area contributed by atoms with Gasteiger partial charge in [0.1, 0.15) is 17.1 Å². The van der Waals surface area contributed by atoms with Crippen LogP contribution < -0.4 is 11.1 Å². The number of primary amides is 1. The second-order valence-electron chi connectivity index (χ2n) is 5.75. The molecule has 8 nitrogen and oxygen atoms in total. The summed E-state index contributed by atoms with van der Waals surface area (Å²) in [6.07, 6.45) is 0. The number of hydrogen-bond donors (Lipinski definition) is 2. The van der Waals surface area contributed by atoms with Gasteiger partial charge >= 0.3 is 12.0 Å². The lowest BCUT2D eigenvalue weighted by atomic mass is 10.1. The van der Waals surface area contributed by atoms with E-state index in [1.165, 1.54) is 12.0 Å². The molecule has 0 saturated carbocycles. The van der Waals surface area contributed by atoms with Gasteiger partial charge in [0.25, 0.3) is 5.91 Å². The molecule has 2 aromatic rings. The fourth-order valence-corrected chi connectivity index (χ4v) is 2.41. The first-order valence-electron chi connectivity index (χ1n) is 7.87. The second kappa shape index (κ2) is 8.19. The molecule has 0 bridgehead atoms. The third-order valence-corrected chi connectivity index (χ3v) is 3.78. The zero-order valence-corrected chi connectivity index (χ0v) is 14.9. The highest BCUT2D eigenvalue weighted by Gasteiger charge is 2.18. The smallest absolute Gasteiger partial charge is 0.341 e. The largest absolute Gasteiger partial charge is 0.465 e. The molecule has 8 heteroatoms. The van der Waals surface area contributed by atoms with Gasteiger partial charge in [0, 0.05) is 19.2 Å². The van der Waals surface area contributed by atoms with E-state index >= 15 is 0 Å². The predicted octanol–water partition coefficient (Wildman–Crippen LogP) is 1.82.